The molecule has 31 heavy (non-hydrogen) atoms. The summed E-state index contributed by atoms with van der Waals surface area (Å²) < 4.78 is 34.1. The van der Waals surface area contributed by atoms with Crippen LogP contribution in [0.15, 0.2) is 71.6 Å². The maximum Gasteiger partial charge on any atom is 0.265 e. The van der Waals surface area contributed by atoms with E-state index in [2.05, 4.69) is 4.72 Å². The largest absolute Gasteiger partial charge is 0.495 e. The molecule has 1 heterocycles. The number of methoxy groups -OCH3 is 1. The molecule has 0 saturated heterocycles. The molecular formula is C24H24N2O4S. The van der Waals surface area contributed by atoms with Gasteiger partial charge in [-0.25, -0.2) is 8.42 Å². The van der Waals surface area contributed by atoms with Crippen LogP contribution in [0.3, 0.4) is 0 Å². The van der Waals surface area contributed by atoms with Crippen LogP contribution in [0.1, 0.15) is 28.4 Å². The molecule has 0 unspecified atom stereocenters. The second-order valence-corrected chi connectivity index (χ2v) is 9.34. The number of fused-ring (bicyclic) bond motifs is 1. The van der Waals surface area contributed by atoms with E-state index in [1.165, 1.54) is 19.2 Å². The van der Waals surface area contributed by atoms with Crippen molar-refractivity contribution in [2.75, 3.05) is 16.7 Å². The number of ether oxygens (including phenoxy) is 1. The highest BCUT2D eigenvalue weighted by atomic mass is 32.2. The zero-order valence-electron chi connectivity index (χ0n) is 17.6. The van der Waals surface area contributed by atoms with Crippen molar-refractivity contribution < 1.29 is 17.9 Å². The summed E-state index contributed by atoms with van der Waals surface area (Å²) in [5.74, 6) is -0.0714. The number of nitrogens with zero attached hydrogens (tertiary/aromatic N) is 1. The number of carbonyl (C=O) groups excluding carboxylic acids is 1. The SMILES string of the molecule is COc1ccc(C(=O)N2c3ccccc3C[C@@H]2C)cc1S(=O)(=O)Nc1ccc(C)cc1. The summed E-state index contributed by atoms with van der Waals surface area (Å²) in [6.45, 7) is 3.91. The standard InChI is InChI=1S/C24H24N2O4S/c1-16-8-11-20(12-9-16)25-31(28,29)23-15-19(10-13-22(23)30-3)24(27)26-17(2)14-18-6-4-5-7-21(18)26/h4-13,15,17,25H,14H2,1-3H3/t17-/m0/s1. The Balaban J connectivity index is 1.71. The van der Waals surface area contributed by atoms with Crippen molar-refractivity contribution in [3.05, 3.63) is 83.4 Å². The van der Waals surface area contributed by atoms with Crippen LogP contribution in [-0.4, -0.2) is 27.5 Å². The number of aryl methyl sites for hydroxylation is 1. The van der Waals surface area contributed by atoms with E-state index in [1.54, 1.807) is 23.1 Å². The predicted molar refractivity (Wildman–Crippen MR) is 121 cm³/mol. The minimum absolute atomic E-state index is 0.0160. The van der Waals surface area contributed by atoms with Gasteiger partial charge in [0, 0.05) is 23.0 Å². The lowest BCUT2D eigenvalue weighted by Gasteiger charge is -2.23. The van der Waals surface area contributed by atoms with Gasteiger partial charge < -0.3 is 9.64 Å². The summed E-state index contributed by atoms with van der Waals surface area (Å²) in [6.07, 6.45) is 0.762. The highest BCUT2D eigenvalue weighted by Crippen LogP contribution is 2.34. The van der Waals surface area contributed by atoms with Crippen molar-refractivity contribution in [2.24, 2.45) is 0 Å². The lowest BCUT2D eigenvalue weighted by Crippen LogP contribution is -2.35. The van der Waals surface area contributed by atoms with E-state index in [4.69, 9.17) is 4.74 Å². The molecule has 1 aliphatic heterocycles. The second kappa shape index (κ2) is 8.07. The Labute approximate surface area is 182 Å². The molecule has 4 rings (SSSR count). The number of benzene rings is 3. The van der Waals surface area contributed by atoms with Crippen LogP contribution in [0.5, 0.6) is 5.75 Å². The van der Waals surface area contributed by atoms with E-state index in [1.807, 2.05) is 50.2 Å². The Hall–Kier alpha value is -3.32. The van der Waals surface area contributed by atoms with Crippen LogP contribution < -0.4 is 14.4 Å². The number of hydrogen-bond acceptors (Lipinski definition) is 4. The highest BCUT2D eigenvalue weighted by molar-refractivity contribution is 7.92. The van der Waals surface area contributed by atoms with Crippen molar-refractivity contribution in [1.82, 2.24) is 0 Å². The van der Waals surface area contributed by atoms with Crippen molar-refractivity contribution in [3.8, 4) is 5.75 Å². The summed E-state index contributed by atoms with van der Waals surface area (Å²) in [5, 5.41) is 0. The van der Waals surface area contributed by atoms with Crippen LogP contribution in [0.4, 0.5) is 11.4 Å². The van der Waals surface area contributed by atoms with Gasteiger partial charge in [-0.2, -0.15) is 0 Å². The van der Waals surface area contributed by atoms with Gasteiger partial charge in [-0.15, -0.1) is 0 Å². The van der Waals surface area contributed by atoms with Crippen LogP contribution >= 0.6 is 0 Å². The highest BCUT2D eigenvalue weighted by Gasteiger charge is 2.32. The molecule has 0 aliphatic carbocycles. The molecule has 7 heteroatoms. The van der Waals surface area contributed by atoms with Gasteiger partial charge in [0.05, 0.1) is 7.11 Å². The average molecular weight is 437 g/mol. The van der Waals surface area contributed by atoms with Gasteiger partial charge in [-0.3, -0.25) is 9.52 Å². The molecule has 0 radical (unpaired) electrons. The molecular weight excluding hydrogens is 412 g/mol. The number of anilines is 2. The molecule has 0 aromatic heterocycles. The normalized spacial score (nSPS) is 15.5. The molecule has 0 fully saturated rings. The summed E-state index contributed by atoms with van der Waals surface area (Å²) in [4.78, 5) is 15.0. The van der Waals surface area contributed by atoms with Gasteiger partial charge in [0.2, 0.25) is 0 Å². The van der Waals surface area contributed by atoms with E-state index in [0.717, 1.165) is 23.2 Å². The monoisotopic (exact) mass is 436 g/mol. The van der Waals surface area contributed by atoms with Crippen LogP contribution in [0.2, 0.25) is 0 Å². The molecule has 160 valence electrons. The van der Waals surface area contributed by atoms with Crippen LogP contribution in [0, 0.1) is 6.92 Å². The van der Waals surface area contributed by atoms with Crippen molar-refractivity contribution in [2.45, 2.75) is 31.2 Å². The first-order valence-corrected chi connectivity index (χ1v) is 11.5. The van der Waals surface area contributed by atoms with E-state index in [-0.39, 0.29) is 28.2 Å². The topological polar surface area (TPSA) is 75.7 Å². The van der Waals surface area contributed by atoms with Crippen molar-refractivity contribution >= 4 is 27.3 Å². The third kappa shape index (κ3) is 4.01. The van der Waals surface area contributed by atoms with Gasteiger partial charge in [0.25, 0.3) is 15.9 Å². The number of hydrogen-bond donors (Lipinski definition) is 1. The maximum atomic E-state index is 13.4. The molecule has 0 bridgehead atoms. The smallest absolute Gasteiger partial charge is 0.265 e. The Kier molecular flexibility index (Phi) is 5.45. The third-order valence-corrected chi connectivity index (χ3v) is 6.83. The van der Waals surface area contributed by atoms with E-state index in [0.29, 0.717) is 5.69 Å². The van der Waals surface area contributed by atoms with E-state index >= 15 is 0 Å². The number of sulfonamides is 1. The van der Waals surface area contributed by atoms with E-state index < -0.39 is 10.0 Å². The lowest BCUT2D eigenvalue weighted by molar-refractivity contribution is 0.0981. The molecule has 1 N–H and O–H groups in total. The molecule has 0 spiro atoms. The Morgan fingerprint density at radius 2 is 1.77 bits per heavy atom. The minimum Gasteiger partial charge on any atom is -0.495 e. The average Bonchev–Trinajstić information content (AvgIpc) is 3.10. The first kappa shape index (κ1) is 20.9. The number of para-hydroxylation sites is 1. The third-order valence-electron chi connectivity index (χ3n) is 5.43. The summed E-state index contributed by atoms with van der Waals surface area (Å²) in [6, 6.07) is 19.3. The molecule has 6 nitrogen and oxygen atoms in total. The first-order valence-electron chi connectivity index (χ1n) is 9.99. The van der Waals surface area contributed by atoms with Crippen LogP contribution in [0.25, 0.3) is 0 Å². The van der Waals surface area contributed by atoms with Gasteiger partial charge in [-0.1, -0.05) is 35.9 Å². The Morgan fingerprint density at radius 3 is 2.48 bits per heavy atom. The summed E-state index contributed by atoms with van der Waals surface area (Å²) in [5.41, 5.74) is 3.71. The first-order chi connectivity index (χ1) is 14.8. The van der Waals surface area contributed by atoms with Gasteiger partial charge in [0.1, 0.15) is 10.6 Å². The molecule has 1 atom stereocenters. The van der Waals surface area contributed by atoms with Gasteiger partial charge in [-0.05, 0) is 62.2 Å². The predicted octanol–water partition coefficient (Wildman–Crippen LogP) is 4.40. The van der Waals surface area contributed by atoms with Crippen molar-refractivity contribution in [1.29, 1.82) is 0 Å². The minimum atomic E-state index is -3.97. The zero-order valence-corrected chi connectivity index (χ0v) is 18.4. The molecule has 0 saturated carbocycles. The Morgan fingerprint density at radius 1 is 1.06 bits per heavy atom. The van der Waals surface area contributed by atoms with Crippen LogP contribution in [-0.2, 0) is 16.4 Å². The second-order valence-electron chi connectivity index (χ2n) is 7.69. The van der Waals surface area contributed by atoms with Gasteiger partial charge in [0.15, 0.2) is 0 Å². The fraction of sp³-hybridized carbons (Fsp3) is 0.208. The number of nitrogens with one attached hydrogen (secondary N) is 1. The lowest BCUT2D eigenvalue weighted by atomic mass is 10.1. The number of amides is 1. The molecule has 1 amide bonds. The van der Waals surface area contributed by atoms with E-state index in [9.17, 15) is 13.2 Å². The number of carbonyl (C=O) groups is 1. The maximum absolute atomic E-state index is 13.4. The zero-order chi connectivity index (χ0) is 22.2. The molecule has 1 aliphatic rings. The number of rotatable bonds is 5. The Bertz CT molecular complexity index is 1240. The fourth-order valence-corrected chi connectivity index (χ4v) is 5.12. The van der Waals surface area contributed by atoms with Crippen molar-refractivity contribution in [3.63, 3.8) is 0 Å². The summed E-state index contributed by atoms with van der Waals surface area (Å²) >= 11 is 0. The summed E-state index contributed by atoms with van der Waals surface area (Å²) in [7, 11) is -2.56. The fourth-order valence-electron chi connectivity index (χ4n) is 3.87. The molecule has 3 aromatic rings. The quantitative estimate of drug-likeness (QED) is 0.643. The molecule has 3 aromatic carbocycles. The van der Waals surface area contributed by atoms with Gasteiger partial charge >= 0.3 is 0 Å².